The Balaban J connectivity index is 1.63. The van der Waals surface area contributed by atoms with Gasteiger partial charge in [-0.2, -0.15) is 0 Å². The molecular formula is C18H19N3O5S2. The fourth-order valence-electron chi connectivity index (χ4n) is 3.43. The molecule has 28 heavy (non-hydrogen) atoms. The highest BCUT2D eigenvalue weighted by Gasteiger charge is 2.30. The second kappa shape index (κ2) is 6.49. The molecule has 2 aliphatic rings. The highest BCUT2D eigenvalue weighted by Crippen LogP contribution is 2.34. The number of hydrogen-bond acceptors (Lipinski definition) is 5. The molecule has 0 aromatic heterocycles. The molecule has 2 aliphatic heterocycles. The van der Waals surface area contributed by atoms with E-state index in [2.05, 4.69) is 10.0 Å². The molecule has 2 N–H and O–H groups in total. The van der Waals surface area contributed by atoms with Gasteiger partial charge in [0.1, 0.15) is 0 Å². The smallest absolute Gasteiger partial charge is 0.261 e. The van der Waals surface area contributed by atoms with Gasteiger partial charge in [-0.05, 0) is 55.3 Å². The van der Waals surface area contributed by atoms with Gasteiger partial charge in [0.15, 0.2) is 0 Å². The molecular weight excluding hydrogens is 402 g/mol. The van der Waals surface area contributed by atoms with Crippen LogP contribution in [0.3, 0.4) is 0 Å². The second-order valence-electron chi connectivity index (χ2n) is 6.86. The van der Waals surface area contributed by atoms with Crippen LogP contribution < -0.4 is 14.3 Å². The average molecular weight is 422 g/mol. The number of anilines is 3. The van der Waals surface area contributed by atoms with Gasteiger partial charge in [-0.15, -0.1) is 0 Å². The minimum Gasteiger partial charge on any atom is -0.325 e. The second-order valence-corrected chi connectivity index (χ2v) is 10.6. The molecule has 0 aliphatic carbocycles. The summed E-state index contributed by atoms with van der Waals surface area (Å²) in [5, 5.41) is 2.71. The molecule has 10 heteroatoms. The minimum absolute atomic E-state index is 0.0359. The standard InChI is InChI=1S/C18H19N3O5S2/c1-12-16-11-15(6-7-17(16)19-18(12)22)28(25,26)20-13-4-2-5-14(10-13)21-8-3-9-27(21,23)24/h2,4-7,10-12,20H,3,8-9H2,1H3,(H,19,22)/t12-/m0/s1. The average Bonchev–Trinajstić information content (AvgIpc) is 3.13. The molecule has 0 saturated carbocycles. The number of nitrogens with zero attached hydrogens (tertiary/aromatic N) is 1. The van der Waals surface area contributed by atoms with Crippen LogP contribution >= 0.6 is 0 Å². The normalized spacial score (nSPS) is 20.7. The number of carbonyl (C=O) groups is 1. The fourth-order valence-corrected chi connectivity index (χ4v) is 6.07. The maximum atomic E-state index is 12.8. The zero-order valence-electron chi connectivity index (χ0n) is 15.0. The lowest BCUT2D eigenvalue weighted by atomic mass is 10.0. The van der Waals surface area contributed by atoms with E-state index in [1.165, 1.54) is 22.5 Å². The molecule has 148 valence electrons. The van der Waals surface area contributed by atoms with Crippen molar-refractivity contribution in [3.05, 3.63) is 48.0 Å². The minimum atomic E-state index is -3.90. The van der Waals surface area contributed by atoms with Crippen LogP contribution in [0.25, 0.3) is 0 Å². The summed E-state index contributed by atoms with van der Waals surface area (Å²) >= 11 is 0. The summed E-state index contributed by atoms with van der Waals surface area (Å²) in [5.74, 6) is -0.505. The summed E-state index contributed by atoms with van der Waals surface area (Å²) < 4.78 is 53.6. The van der Waals surface area contributed by atoms with Crippen LogP contribution in [0.5, 0.6) is 0 Å². The molecule has 1 saturated heterocycles. The van der Waals surface area contributed by atoms with E-state index in [1.54, 1.807) is 31.2 Å². The van der Waals surface area contributed by atoms with Crippen LogP contribution in [0.15, 0.2) is 47.4 Å². The van der Waals surface area contributed by atoms with Crippen LogP contribution in [-0.4, -0.2) is 35.0 Å². The number of carbonyl (C=O) groups excluding carboxylic acids is 1. The zero-order chi connectivity index (χ0) is 20.1. The predicted octanol–water partition coefficient (Wildman–Crippen LogP) is 2.08. The van der Waals surface area contributed by atoms with Crippen LogP contribution in [0, 0.1) is 0 Å². The monoisotopic (exact) mass is 421 g/mol. The predicted molar refractivity (Wildman–Crippen MR) is 106 cm³/mol. The molecule has 2 aromatic rings. The lowest BCUT2D eigenvalue weighted by molar-refractivity contribution is -0.116. The maximum absolute atomic E-state index is 12.8. The maximum Gasteiger partial charge on any atom is 0.261 e. The van der Waals surface area contributed by atoms with Gasteiger partial charge in [0.05, 0.1) is 27.9 Å². The molecule has 0 spiro atoms. The molecule has 1 amide bonds. The van der Waals surface area contributed by atoms with Gasteiger partial charge >= 0.3 is 0 Å². The summed E-state index contributed by atoms with van der Waals surface area (Å²) in [6.45, 7) is 2.09. The molecule has 0 bridgehead atoms. The lowest BCUT2D eigenvalue weighted by Gasteiger charge is -2.18. The molecule has 2 heterocycles. The first-order valence-electron chi connectivity index (χ1n) is 8.75. The number of amides is 1. The van der Waals surface area contributed by atoms with E-state index in [0.717, 1.165) is 0 Å². The van der Waals surface area contributed by atoms with Gasteiger partial charge in [-0.1, -0.05) is 6.07 Å². The van der Waals surface area contributed by atoms with E-state index < -0.39 is 26.0 Å². The van der Waals surface area contributed by atoms with Gasteiger partial charge in [0, 0.05) is 12.2 Å². The van der Waals surface area contributed by atoms with Crippen molar-refractivity contribution >= 4 is 43.0 Å². The summed E-state index contributed by atoms with van der Waals surface area (Å²) in [6, 6.07) is 10.8. The molecule has 4 rings (SSSR count). The van der Waals surface area contributed by atoms with Gasteiger partial charge in [-0.25, -0.2) is 16.8 Å². The molecule has 0 unspecified atom stereocenters. The third-order valence-electron chi connectivity index (χ3n) is 4.94. The van der Waals surface area contributed by atoms with Crippen LogP contribution in [0.2, 0.25) is 0 Å². The highest BCUT2D eigenvalue weighted by molar-refractivity contribution is 7.93. The quantitative estimate of drug-likeness (QED) is 0.785. The van der Waals surface area contributed by atoms with Crippen molar-refractivity contribution in [3.8, 4) is 0 Å². The number of hydrogen-bond donors (Lipinski definition) is 2. The number of sulfonamides is 2. The zero-order valence-corrected chi connectivity index (χ0v) is 16.7. The van der Waals surface area contributed by atoms with Gasteiger partial charge < -0.3 is 5.32 Å². The Labute approximate surface area is 163 Å². The van der Waals surface area contributed by atoms with Crippen molar-refractivity contribution < 1.29 is 21.6 Å². The first kappa shape index (κ1) is 18.8. The summed E-state index contributed by atoms with van der Waals surface area (Å²) in [5.41, 5.74) is 1.93. The third-order valence-corrected chi connectivity index (χ3v) is 8.19. The SMILES string of the molecule is C[C@@H]1C(=O)Nc2ccc(S(=O)(=O)Nc3cccc(N4CCCS4(=O)=O)c3)cc21. The molecule has 0 radical (unpaired) electrons. The lowest BCUT2D eigenvalue weighted by Crippen LogP contribution is -2.25. The highest BCUT2D eigenvalue weighted by atomic mass is 32.2. The van der Waals surface area contributed by atoms with Crippen LogP contribution in [0.4, 0.5) is 17.1 Å². The summed E-state index contributed by atoms with van der Waals surface area (Å²) in [7, 11) is -7.26. The Morgan fingerprint density at radius 3 is 2.68 bits per heavy atom. The third kappa shape index (κ3) is 3.22. The largest absolute Gasteiger partial charge is 0.325 e. The molecule has 2 aromatic carbocycles. The Hall–Kier alpha value is -2.59. The van der Waals surface area contributed by atoms with E-state index in [1.807, 2.05) is 0 Å². The van der Waals surface area contributed by atoms with Crippen molar-refractivity contribution in [1.29, 1.82) is 0 Å². The van der Waals surface area contributed by atoms with E-state index in [0.29, 0.717) is 29.9 Å². The first-order chi connectivity index (χ1) is 13.2. The van der Waals surface area contributed by atoms with E-state index >= 15 is 0 Å². The summed E-state index contributed by atoms with van der Waals surface area (Å²) in [4.78, 5) is 11.8. The fraction of sp³-hybridized carbons (Fsp3) is 0.278. The molecule has 1 fully saturated rings. The number of rotatable bonds is 4. The Kier molecular flexibility index (Phi) is 4.35. The Morgan fingerprint density at radius 2 is 1.96 bits per heavy atom. The van der Waals surface area contributed by atoms with Crippen molar-refractivity contribution in [2.24, 2.45) is 0 Å². The van der Waals surface area contributed by atoms with Crippen LogP contribution in [0.1, 0.15) is 24.8 Å². The number of benzene rings is 2. The molecule has 8 nitrogen and oxygen atoms in total. The van der Waals surface area contributed by atoms with E-state index in [4.69, 9.17) is 0 Å². The number of nitrogens with one attached hydrogen (secondary N) is 2. The van der Waals surface area contributed by atoms with Gasteiger partial charge in [0.2, 0.25) is 15.9 Å². The summed E-state index contributed by atoms with van der Waals surface area (Å²) in [6.07, 6.45) is 0.540. The van der Waals surface area contributed by atoms with Crippen molar-refractivity contribution in [2.45, 2.75) is 24.2 Å². The van der Waals surface area contributed by atoms with Crippen molar-refractivity contribution in [3.63, 3.8) is 0 Å². The van der Waals surface area contributed by atoms with Gasteiger partial charge in [-0.3, -0.25) is 13.8 Å². The van der Waals surface area contributed by atoms with Gasteiger partial charge in [0.25, 0.3) is 10.0 Å². The Bertz CT molecular complexity index is 1180. The van der Waals surface area contributed by atoms with Crippen molar-refractivity contribution in [1.82, 2.24) is 0 Å². The molecule has 1 atom stereocenters. The van der Waals surface area contributed by atoms with Crippen molar-refractivity contribution in [2.75, 3.05) is 26.6 Å². The van der Waals surface area contributed by atoms with Crippen LogP contribution in [-0.2, 0) is 24.8 Å². The van der Waals surface area contributed by atoms with E-state index in [-0.39, 0.29) is 22.2 Å². The first-order valence-corrected chi connectivity index (χ1v) is 11.8. The van der Waals surface area contributed by atoms with E-state index in [9.17, 15) is 21.6 Å². The topological polar surface area (TPSA) is 113 Å². The Morgan fingerprint density at radius 1 is 1.18 bits per heavy atom. The number of fused-ring (bicyclic) bond motifs is 1.